The van der Waals surface area contributed by atoms with Crippen molar-refractivity contribution < 1.29 is 19.1 Å². The number of H-pyrrole nitrogens is 1. The number of benzene rings is 3. The van der Waals surface area contributed by atoms with Crippen LogP contribution in [0.15, 0.2) is 84.0 Å². The number of carbonyl (C=O) groups excluding carboxylic acids is 3. The summed E-state index contributed by atoms with van der Waals surface area (Å²) < 4.78 is 6.00. The summed E-state index contributed by atoms with van der Waals surface area (Å²) in [5.74, 6) is -1.68. The number of urea groups is 1. The quantitative estimate of drug-likeness (QED) is 0.247. The number of rotatable bonds is 8. The Labute approximate surface area is 230 Å². The largest absolute Gasteiger partial charge is 0.489 e. The van der Waals surface area contributed by atoms with E-state index in [4.69, 9.17) is 21.3 Å². The highest BCUT2D eigenvalue weighted by Gasteiger charge is 2.45. The fraction of sp³-hybridized carbons (Fsp3) is 0.200. The first kappa shape index (κ1) is 26.2. The molecule has 9 heteroatoms. The molecular formula is C30H27ClN4O4. The molecule has 2 heterocycles. The molecule has 0 saturated carbocycles. The maximum absolute atomic E-state index is 13.1. The van der Waals surface area contributed by atoms with E-state index < -0.39 is 23.8 Å². The zero-order chi connectivity index (χ0) is 27.5. The van der Waals surface area contributed by atoms with Gasteiger partial charge in [0.2, 0.25) is 11.8 Å². The number of fused-ring (bicyclic) bond motifs is 1. The van der Waals surface area contributed by atoms with Crippen molar-refractivity contribution in [3.8, 4) is 5.75 Å². The van der Waals surface area contributed by atoms with Crippen molar-refractivity contribution in [2.24, 2.45) is 10.9 Å². The Morgan fingerprint density at radius 2 is 1.64 bits per heavy atom. The molecule has 0 unspecified atom stereocenters. The molecule has 0 bridgehead atoms. The van der Waals surface area contributed by atoms with Crippen molar-refractivity contribution in [1.29, 1.82) is 0 Å². The number of aliphatic imine (C=N–C) groups is 1. The zero-order valence-corrected chi connectivity index (χ0v) is 22.3. The minimum atomic E-state index is -1.22. The topological polar surface area (TPSA) is 95.1 Å². The lowest BCUT2D eigenvalue weighted by molar-refractivity contribution is -0.144. The molecule has 39 heavy (non-hydrogen) atoms. The summed E-state index contributed by atoms with van der Waals surface area (Å²) in [5.41, 5.74) is 3.98. The zero-order valence-electron chi connectivity index (χ0n) is 21.6. The van der Waals surface area contributed by atoms with E-state index in [2.05, 4.69) is 4.98 Å². The van der Waals surface area contributed by atoms with E-state index in [-0.39, 0.29) is 0 Å². The molecule has 1 fully saturated rings. The third-order valence-corrected chi connectivity index (χ3v) is 7.04. The number of hydrogen-bond acceptors (Lipinski definition) is 5. The standard InChI is InChI=1S/C30H27ClN4O4/c1-34-28(36)26(29(37)35(2)30(34)38)27(20-8-10-22(31)11-9-20)32-15-14-21-17-33-25-13-12-23(16-24(21)25)39-18-19-6-4-3-5-7-19/h3-13,16-17,26,33H,14-15,18H2,1-2H3. The van der Waals surface area contributed by atoms with Crippen LogP contribution in [0.2, 0.25) is 5.02 Å². The molecule has 4 amide bonds. The summed E-state index contributed by atoms with van der Waals surface area (Å²) >= 11 is 6.07. The summed E-state index contributed by atoms with van der Waals surface area (Å²) in [6.07, 6.45) is 2.49. The Morgan fingerprint density at radius 1 is 0.949 bits per heavy atom. The SMILES string of the molecule is CN1C(=O)C(C(=NCCc2c[nH]c3ccc(OCc4ccccc4)cc23)c2ccc(Cl)cc2)C(=O)N(C)C1=O. The summed E-state index contributed by atoms with van der Waals surface area (Å²) in [4.78, 5) is 48.4. The van der Waals surface area contributed by atoms with E-state index >= 15 is 0 Å². The van der Waals surface area contributed by atoms with E-state index in [9.17, 15) is 14.4 Å². The number of halogens is 1. The molecule has 0 radical (unpaired) electrons. The van der Waals surface area contributed by atoms with E-state index in [0.29, 0.717) is 35.9 Å². The fourth-order valence-corrected chi connectivity index (χ4v) is 4.73. The molecule has 0 atom stereocenters. The maximum atomic E-state index is 13.1. The van der Waals surface area contributed by atoms with Crippen LogP contribution in [0.25, 0.3) is 10.9 Å². The van der Waals surface area contributed by atoms with Crippen molar-refractivity contribution in [1.82, 2.24) is 14.8 Å². The fourth-order valence-electron chi connectivity index (χ4n) is 4.60. The molecule has 5 rings (SSSR count). The van der Waals surface area contributed by atoms with Gasteiger partial charge in [0.25, 0.3) is 0 Å². The smallest absolute Gasteiger partial charge is 0.332 e. The van der Waals surface area contributed by atoms with Crippen molar-refractivity contribution >= 4 is 46.1 Å². The first-order valence-corrected chi connectivity index (χ1v) is 12.9. The molecule has 1 aliphatic heterocycles. The Morgan fingerprint density at radius 3 is 2.33 bits per heavy atom. The van der Waals surface area contributed by atoms with Gasteiger partial charge in [-0.15, -0.1) is 0 Å². The van der Waals surface area contributed by atoms with Crippen LogP contribution in [0.1, 0.15) is 16.7 Å². The Kier molecular flexibility index (Phi) is 7.47. The first-order chi connectivity index (χ1) is 18.8. The van der Waals surface area contributed by atoms with Crippen LogP contribution in [0.5, 0.6) is 5.75 Å². The van der Waals surface area contributed by atoms with Crippen LogP contribution in [0.3, 0.4) is 0 Å². The van der Waals surface area contributed by atoms with Gasteiger partial charge in [-0.05, 0) is 53.4 Å². The number of aromatic nitrogens is 1. The normalized spacial score (nSPS) is 14.9. The molecular weight excluding hydrogens is 516 g/mol. The third-order valence-electron chi connectivity index (χ3n) is 6.79. The highest BCUT2D eigenvalue weighted by Crippen LogP contribution is 2.26. The van der Waals surface area contributed by atoms with E-state index in [1.807, 2.05) is 54.7 Å². The second kappa shape index (κ2) is 11.1. The van der Waals surface area contributed by atoms with Gasteiger partial charge in [0.1, 0.15) is 12.4 Å². The summed E-state index contributed by atoms with van der Waals surface area (Å²) in [7, 11) is 2.73. The number of carbonyl (C=O) groups is 3. The van der Waals surface area contributed by atoms with Crippen molar-refractivity contribution in [3.05, 3.63) is 101 Å². The summed E-state index contributed by atoms with van der Waals surface area (Å²) in [5, 5.41) is 1.53. The molecule has 1 aliphatic rings. The van der Waals surface area contributed by atoms with Gasteiger partial charge in [0, 0.05) is 42.8 Å². The average Bonchev–Trinajstić information content (AvgIpc) is 3.36. The van der Waals surface area contributed by atoms with Crippen molar-refractivity contribution in [2.45, 2.75) is 13.0 Å². The van der Waals surface area contributed by atoms with Crippen LogP contribution in [-0.4, -0.2) is 59.0 Å². The van der Waals surface area contributed by atoms with Crippen LogP contribution >= 0.6 is 11.6 Å². The Balaban J connectivity index is 1.40. The molecule has 8 nitrogen and oxygen atoms in total. The lowest BCUT2D eigenvalue weighted by Crippen LogP contribution is -2.59. The number of ether oxygens (including phenoxy) is 1. The highest BCUT2D eigenvalue weighted by atomic mass is 35.5. The van der Waals surface area contributed by atoms with Gasteiger partial charge in [-0.3, -0.25) is 24.4 Å². The van der Waals surface area contributed by atoms with Crippen LogP contribution in [0, 0.1) is 5.92 Å². The lowest BCUT2D eigenvalue weighted by Gasteiger charge is -2.33. The number of hydrogen-bond donors (Lipinski definition) is 1. The first-order valence-electron chi connectivity index (χ1n) is 12.5. The molecule has 1 aromatic heterocycles. The summed E-state index contributed by atoms with van der Waals surface area (Å²) in [6.45, 7) is 0.786. The van der Waals surface area contributed by atoms with Gasteiger partial charge in [-0.2, -0.15) is 0 Å². The molecule has 1 N–H and O–H groups in total. The predicted molar refractivity (Wildman–Crippen MR) is 150 cm³/mol. The monoisotopic (exact) mass is 542 g/mol. The van der Waals surface area contributed by atoms with Gasteiger partial charge in [0.15, 0.2) is 5.92 Å². The highest BCUT2D eigenvalue weighted by molar-refractivity contribution is 6.32. The molecule has 0 aliphatic carbocycles. The number of amides is 4. The second-order valence-electron chi connectivity index (χ2n) is 9.33. The lowest BCUT2D eigenvalue weighted by atomic mass is 9.92. The van der Waals surface area contributed by atoms with Crippen LogP contribution in [-0.2, 0) is 22.6 Å². The Bertz CT molecular complexity index is 1540. The van der Waals surface area contributed by atoms with E-state index in [0.717, 1.165) is 37.6 Å². The van der Waals surface area contributed by atoms with Gasteiger partial charge in [-0.1, -0.05) is 54.1 Å². The second-order valence-corrected chi connectivity index (χ2v) is 9.77. The van der Waals surface area contributed by atoms with E-state index in [1.54, 1.807) is 24.3 Å². The van der Waals surface area contributed by atoms with Gasteiger partial charge < -0.3 is 9.72 Å². The number of imide groups is 2. The number of nitrogens with zero attached hydrogens (tertiary/aromatic N) is 3. The van der Waals surface area contributed by atoms with Gasteiger partial charge in [-0.25, -0.2) is 4.79 Å². The molecule has 3 aromatic carbocycles. The average molecular weight is 543 g/mol. The third kappa shape index (κ3) is 5.42. The van der Waals surface area contributed by atoms with Crippen molar-refractivity contribution in [2.75, 3.05) is 20.6 Å². The van der Waals surface area contributed by atoms with E-state index in [1.165, 1.54) is 14.1 Å². The van der Waals surface area contributed by atoms with Crippen LogP contribution in [0.4, 0.5) is 4.79 Å². The number of barbiturate groups is 1. The van der Waals surface area contributed by atoms with Gasteiger partial charge >= 0.3 is 6.03 Å². The van der Waals surface area contributed by atoms with Crippen molar-refractivity contribution in [3.63, 3.8) is 0 Å². The van der Waals surface area contributed by atoms with Crippen LogP contribution < -0.4 is 4.74 Å². The molecule has 198 valence electrons. The minimum Gasteiger partial charge on any atom is -0.489 e. The number of nitrogens with one attached hydrogen (secondary N) is 1. The predicted octanol–water partition coefficient (Wildman–Crippen LogP) is 5.10. The molecule has 1 saturated heterocycles. The number of aromatic amines is 1. The minimum absolute atomic E-state index is 0.305. The molecule has 4 aromatic rings. The maximum Gasteiger partial charge on any atom is 0.332 e. The Hall–Kier alpha value is -4.43. The summed E-state index contributed by atoms with van der Waals surface area (Å²) in [6, 6.07) is 22.0. The molecule has 0 spiro atoms. The van der Waals surface area contributed by atoms with Gasteiger partial charge in [0.05, 0.1) is 5.71 Å².